The molecule has 0 atom stereocenters. The average molecular weight is 243 g/mol. The van der Waals surface area contributed by atoms with Gasteiger partial charge in [0.25, 0.3) is 0 Å². The first kappa shape index (κ1) is 14.0. The van der Waals surface area contributed by atoms with Gasteiger partial charge in [0.05, 0.1) is 11.3 Å². The lowest BCUT2D eigenvalue weighted by molar-refractivity contribution is -0.175. The molecule has 1 saturated heterocycles. The highest BCUT2D eigenvalue weighted by molar-refractivity contribution is 5.76. The van der Waals surface area contributed by atoms with E-state index in [1.807, 2.05) is 0 Å². The molecule has 0 unspecified atom stereocenters. The number of ether oxygens (including phenoxy) is 2. The summed E-state index contributed by atoms with van der Waals surface area (Å²) in [6.07, 6.45) is 1.57. The third-order valence-electron chi connectivity index (χ3n) is 2.68. The fourth-order valence-corrected chi connectivity index (χ4v) is 1.53. The number of esters is 2. The van der Waals surface area contributed by atoms with Crippen LogP contribution < -0.4 is 5.32 Å². The molecule has 1 heterocycles. The summed E-state index contributed by atoms with van der Waals surface area (Å²) in [5, 5.41) is 3.17. The van der Waals surface area contributed by atoms with Gasteiger partial charge < -0.3 is 14.8 Å². The number of hydrogen-bond acceptors (Lipinski definition) is 5. The largest absolute Gasteiger partial charge is 0.428 e. The molecule has 0 amide bonds. The van der Waals surface area contributed by atoms with Gasteiger partial charge in [-0.2, -0.15) is 0 Å². The second-order valence-electron chi connectivity index (χ2n) is 5.29. The van der Waals surface area contributed by atoms with Crippen LogP contribution in [-0.2, 0) is 19.1 Å². The van der Waals surface area contributed by atoms with Crippen LogP contribution in [0.5, 0.6) is 0 Å². The molecule has 0 radical (unpaired) electrons. The van der Waals surface area contributed by atoms with Crippen LogP contribution in [0.25, 0.3) is 0 Å². The lowest BCUT2D eigenvalue weighted by atomic mass is 9.98. The zero-order valence-corrected chi connectivity index (χ0v) is 10.7. The molecule has 98 valence electrons. The summed E-state index contributed by atoms with van der Waals surface area (Å²) in [4.78, 5) is 23.0. The molecule has 0 saturated carbocycles. The van der Waals surface area contributed by atoms with Gasteiger partial charge in [0.2, 0.25) is 6.79 Å². The lowest BCUT2D eigenvalue weighted by Crippen LogP contribution is -2.33. The highest BCUT2D eigenvalue weighted by atomic mass is 16.7. The van der Waals surface area contributed by atoms with Gasteiger partial charge in [0.1, 0.15) is 0 Å². The molecule has 1 N–H and O–H groups in total. The molecule has 0 aliphatic carbocycles. The predicted molar refractivity (Wildman–Crippen MR) is 62.1 cm³/mol. The van der Waals surface area contributed by atoms with Crippen molar-refractivity contribution in [1.29, 1.82) is 0 Å². The second kappa shape index (κ2) is 6.00. The number of hydrogen-bond donors (Lipinski definition) is 1. The molecular weight excluding hydrogens is 222 g/mol. The Labute approximate surface area is 102 Å². The zero-order valence-electron chi connectivity index (χ0n) is 10.7. The van der Waals surface area contributed by atoms with Crippen molar-refractivity contribution in [3.63, 3.8) is 0 Å². The number of carbonyl (C=O) groups excluding carboxylic acids is 2. The van der Waals surface area contributed by atoms with Gasteiger partial charge >= 0.3 is 11.9 Å². The van der Waals surface area contributed by atoms with Gasteiger partial charge in [-0.3, -0.25) is 9.59 Å². The Morgan fingerprint density at radius 3 is 2.29 bits per heavy atom. The van der Waals surface area contributed by atoms with Crippen molar-refractivity contribution < 1.29 is 19.1 Å². The number of carbonyl (C=O) groups is 2. The molecular formula is C12H21NO4. The molecule has 0 aromatic rings. The van der Waals surface area contributed by atoms with Crippen LogP contribution in [0, 0.1) is 11.3 Å². The standard InChI is InChI=1S/C12H21NO4/c1-12(2,3)11(15)17-8-16-10(14)9-4-6-13-7-5-9/h9,13H,4-8H2,1-3H3. The van der Waals surface area contributed by atoms with E-state index in [0.29, 0.717) is 0 Å². The first-order chi connectivity index (χ1) is 7.91. The van der Waals surface area contributed by atoms with Crippen LogP contribution in [0.4, 0.5) is 0 Å². The van der Waals surface area contributed by atoms with Crippen molar-refractivity contribution in [3.8, 4) is 0 Å². The highest BCUT2D eigenvalue weighted by Gasteiger charge is 2.25. The van der Waals surface area contributed by atoms with Crippen molar-refractivity contribution in [2.75, 3.05) is 19.9 Å². The summed E-state index contributed by atoms with van der Waals surface area (Å²) in [6.45, 7) is 6.65. The topological polar surface area (TPSA) is 64.6 Å². The Bertz CT molecular complexity index is 277. The fourth-order valence-electron chi connectivity index (χ4n) is 1.53. The van der Waals surface area contributed by atoms with Crippen molar-refractivity contribution >= 4 is 11.9 Å². The van der Waals surface area contributed by atoms with Crippen LogP contribution in [0.15, 0.2) is 0 Å². The van der Waals surface area contributed by atoms with E-state index in [9.17, 15) is 9.59 Å². The summed E-state index contributed by atoms with van der Waals surface area (Å²) in [5.41, 5.74) is -0.568. The van der Waals surface area contributed by atoms with Crippen molar-refractivity contribution in [2.45, 2.75) is 33.6 Å². The molecule has 1 aliphatic rings. The number of piperidine rings is 1. The van der Waals surface area contributed by atoms with E-state index in [4.69, 9.17) is 9.47 Å². The van der Waals surface area contributed by atoms with Crippen LogP contribution in [0.1, 0.15) is 33.6 Å². The van der Waals surface area contributed by atoms with E-state index in [0.717, 1.165) is 25.9 Å². The Balaban J connectivity index is 2.22. The predicted octanol–water partition coefficient (Wildman–Crippen LogP) is 1.08. The van der Waals surface area contributed by atoms with Gasteiger partial charge in [-0.15, -0.1) is 0 Å². The van der Waals surface area contributed by atoms with Crippen LogP contribution in [-0.4, -0.2) is 31.8 Å². The summed E-state index contributed by atoms with van der Waals surface area (Å²) in [7, 11) is 0. The molecule has 17 heavy (non-hydrogen) atoms. The molecule has 1 aliphatic heterocycles. The van der Waals surface area contributed by atoms with Crippen LogP contribution >= 0.6 is 0 Å². The Kier molecular flexibility index (Phi) is 4.93. The van der Waals surface area contributed by atoms with Gasteiger partial charge in [-0.25, -0.2) is 0 Å². The Morgan fingerprint density at radius 1 is 1.18 bits per heavy atom. The molecule has 1 rings (SSSR count). The quantitative estimate of drug-likeness (QED) is 0.593. The first-order valence-corrected chi connectivity index (χ1v) is 5.96. The lowest BCUT2D eigenvalue weighted by Gasteiger charge is -2.21. The fraction of sp³-hybridized carbons (Fsp3) is 0.833. The van der Waals surface area contributed by atoms with Crippen molar-refractivity contribution in [2.24, 2.45) is 11.3 Å². The van der Waals surface area contributed by atoms with E-state index in [1.54, 1.807) is 20.8 Å². The smallest absolute Gasteiger partial charge is 0.314 e. The number of rotatable bonds is 3. The Hall–Kier alpha value is -1.10. The maximum absolute atomic E-state index is 11.6. The first-order valence-electron chi connectivity index (χ1n) is 5.96. The SMILES string of the molecule is CC(C)(C)C(=O)OCOC(=O)C1CCNCC1. The molecule has 0 aromatic heterocycles. The normalized spacial score (nSPS) is 17.6. The minimum absolute atomic E-state index is 0.0652. The molecule has 0 aromatic carbocycles. The third-order valence-corrected chi connectivity index (χ3v) is 2.68. The average Bonchev–Trinajstić information content (AvgIpc) is 2.28. The maximum atomic E-state index is 11.6. The van der Waals surface area contributed by atoms with Gasteiger partial charge in [0, 0.05) is 0 Å². The van der Waals surface area contributed by atoms with E-state index < -0.39 is 5.41 Å². The highest BCUT2D eigenvalue weighted by Crippen LogP contribution is 2.16. The summed E-state index contributed by atoms with van der Waals surface area (Å²) in [6, 6.07) is 0. The summed E-state index contributed by atoms with van der Waals surface area (Å²) < 4.78 is 9.81. The van der Waals surface area contributed by atoms with Gasteiger partial charge in [-0.1, -0.05) is 0 Å². The van der Waals surface area contributed by atoms with Crippen LogP contribution in [0.3, 0.4) is 0 Å². The molecule has 5 heteroatoms. The van der Waals surface area contributed by atoms with E-state index in [-0.39, 0.29) is 24.6 Å². The van der Waals surface area contributed by atoms with Crippen molar-refractivity contribution in [3.05, 3.63) is 0 Å². The second-order valence-corrected chi connectivity index (χ2v) is 5.29. The summed E-state index contributed by atoms with van der Waals surface area (Å²) in [5.74, 6) is -0.701. The molecule has 0 bridgehead atoms. The number of nitrogens with one attached hydrogen (secondary N) is 1. The minimum Gasteiger partial charge on any atom is -0.428 e. The van der Waals surface area contributed by atoms with E-state index >= 15 is 0 Å². The monoisotopic (exact) mass is 243 g/mol. The zero-order chi connectivity index (χ0) is 12.9. The minimum atomic E-state index is -0.568. The third kappa shape index (κ3) is 4.73. The molecule has 1 fully saturated rings. The van der Waals surface area contributed by atoms with E-state index in [1.165, 1.54) is 0 Å². The van der Waals surface area contributed by atoms with Crippen molar-refractivity contribution in [1.82, 2.24) is 5.32 Å². The summed E-state index contributed by atoms with van der Waals surface area (Å²) >= 11 is 0. The Morgan fingerprint density at radius 2 is 1.76 bits per heavy atom. The van der Waals surface area contributed by atoms with Gasteiger partial charge in [0.15, 0.2) is 0 Å². The maximum Gasteiger partial charge on any atom is 0.314 e. The van der Waals surface area contributed by atoms with E-state index in [2.05, 4.69) is 5.32 Å². The van der Waals surface area contributed by atoms with Crippen LogP contribution in [0.2, 0.25) is 0 Å². The molecule has 5 nitrogen and oxygen atoms in total. The molecule has 0 spiro atoms. The van der Waals surface area contributed by atoms with Gasteiger partial charge in [-0.05, 0) is 46.7 Å².